The van der Waals surface area contributed by atoms with Crippen molar-refractivity contribution in [3.63, 3.8) is 0 Å². The van der Waals surface area contributed by atoms with Gasteiger partial charge in [-0.3, -0.25) is 0 Å². The SMILES string of the molecule is Nc1nc(-c2ccoc2)nc(C2CCCCC2)n1. The van der Waals surface area contributed by atoms with Crippen LogP contribution in [0.15, 0.2) is 23.0 Å². The molecule has 1 aliphatic rings. The van der Waals surface area contributed by atoms with E-state index in [2.05, 4.69) is 15.0 Å². The zero-order valence-corrected chi connectivity index (χ0v) is 10.2. The maximum atomic E-state index is 5.78. The summed E-state index contributed by atoms with van der Waals surface area (Å²) in [5.41, 5.74) is 6.63. The second-order valence-corrected chi connectivity index (χ2v) is 4.72. The first-order chi connectivity index (χ1) is 8.83. The second kappa shape index (κ2) is 4.76. The Bertz CT molecular complexity index is 518. The third-order valence-corrected chi connectivity index (χ3v) is 3.42. The number of nitrogens with zero attached hydrogens (tertiary/aromatic N) is 3. The number of rotatable bonds is 2. The lowest BCUT2D eigenvalue weighted by Gasteiger charge is -2.20. The van der Waals surface area contributed by atoms with E-state index in [0.717, 1.165) is 24.2 Å². The molecule has 0 unspecified atom stereocenters. The van der Waals surface area contributed by atoms with E-state index in [1.165, 1.54) is 19.3 Å². The Hall–Kier alpha value is -1.91. The Balaban J connectivity index is 1.95. The average Bonchev–Trinajstić information content (AvgIpc) is 2.93. The Morgan fingerprint density at radius 3 is 2.67 bits per heavy atom. The van der Waals surface area contributed by atoms with E-state index < -0.39 is 0 Å². The summed E-state index contributed by atoms with van der Waals surface area (Å²) in [6.45, 7) is 0. The summed E-state index contributed by atoms with van der Waals surface area (Å²) >= 11 is 0. The molecule has 1 fully saturated rings. The fraction of sp³-hybridized carbons (Fsp3) is 0.462. The highest BCUT2D eigenvalue weighted by molar-refractivity contribution is 5.53. The molecule has 0 atom stereocenters. The van der Waals surface area contributed by atoms with Crippen LogP contribution in [0.25, 0.3) is 11.4 Å². The number of hydrogen-bond donors (Lipinski definition) is 1. The van der Waals surface area contributed by atoms with E-state index in [1.807, 2.05) is 6.07 Å². The van der Waals surface area contributed by atoms with Crippen LogP contribution in [0.4, 0.5) is 5.95 Å². The van der Waals surface area contributed by atoms with Crippen molar-refractivity contribution in [3.8, 4) is 11.4 Å². The van der Waals surface area contributed by atoms with Crippen LogP contribution in [0.2, 0.25) is 0 Å². The number of nitrogen functional groups attached to an aromatic ring is 1. The van der Waals surface area contributed by atoms with Crippen molar-refractivity contribution in [1.82, 2.24) is 15.0 Å². The van der Waals surface area contributed by atoms with Crippen LogP contribution in [0, 0.1) is 0 Å². The molecule has 1 saturated carbocycles. The first-order valence-electron chi connectivity index (χ1n) is 6.37. The standard InChI is InChI=1S/C13H16N4O/c14-13-16-11(9-4-2-1-3-5-9)15-12(17-13)10-6-7-18-8-10/h6-9H,1-5H2,(H2,14,15,16,17). The van der Waals surface area contributed by atoms with E-state index in [1.54, 1.807) is 12.5 Å². The molecular weight excluding hydrogens is 228 g/mol. The molecule has 0 amide bonds. The molecule has 3 rings (SSSR count). The first kappa shape index (κ1) is 11.2. The van der Waals surface area contributed by atoms with Crippen LogP contribution in [0.1, 0.15) is 43.8 Å². The molecule has 2 N–H and O–H groups in total. The average molecular weight is 244 g/mol. The molecule has 5 heteroatoms. The zero-order valence-electron chi connectivity index (χ0n) is 10.2. The predicted octanol–water partition coefficient (Wildman–Crippen LogP) is 2.76. The topological polar surface area (TPSA) is 77.8 Å². The van der Waals surface area contributed by atoms with Crippen molar-refractivity contribution in [3.05, 3.63) is 24.4 Å². The van der Waals surface area contributed by atoms with Gasteiger partial charge in [-0.15, -0.1) is 0 Å². The Morgan fingerprint density at radius 2 is 1.94 bits per heavy atom. The van der Waals surface area contributed by atoms with Crippen molar-refractivity contribution in [2.75, 3.05) is 5.73 Å². The van der Waals surface area contributed by atoms with Gasteiger partial charge in [0.1, 0.15) is 12.1 Å². The lowest BCUT2D eigenvalue weighted by molar-refractivity contribution is 0.428. The van der Waals surface area contributed by atoms with E-state index in [4.69, 9.17) is 10.2 Å². The lowest BCUT2D eigenvalue weighted by Crippen LogP contribution is -2.12. The van der Waals surface area contributed by atoms with E-state index in [-0.39, 0.29) is 0 Å². The number of hydrogen-bond acceptors (Lipinski definition) is 5. The largest absolute Gasteiger partial charge is 0.472 e. The molecule has 5 nitrogen and oxygen atoms in total. The molecule has 2 aromatic rings. The summed E-state index contributed by atoms with van der Waals surface area (Å²) < 4.78 is 5.05. The molecule has 18 heavy (non-hydrogen) atoms. The molecule has 0 spiro atoms. The summed E-state index contributed by atoms with van der Waals surface area (Å²) in [7, 11) is 0. The van der Waals surface area contributed by atoms with Crippen molar-refractivity contribution in [1.29, 1.82) is 0 Å². The van der Waals surface area contributed by atoms with Crippen LogP contribution < -0.4 is 5.73 Å². The van der Waals surface area contributed by atoms with Gasteiger partial charge in [-0.2, -0.15) is 9.97 Å². The van der Waals surface area contributed by atoms with E-state index in [0.29, 0.717) is 17.7 Å². The lowest BCUT2D eigenvalue weighted by atomic mass is 9.89. The van der Waals surface area contributed by atoms with Gasteiger partial charge in [0, 0.05) is 5.92 Å². The third kappa shape index (κ3) is 2.20. The predicted molar refractivity (Wildman–Crippen MR) is 67.8 cm³/mol. The number of furan rings is 1. The summed E-state index contributed by atoms with van der Waals surface area (Å²) in [6, 6.07) is 1.83. The molecule has 94 valence electrons. The van der Waals surface area contributed by atoms with Gasteiger partial charge in [-0.05, 0) is 18.9 Å². The fourth-order valence-corrected chi connectivity index (χ4v) is 2.47. The van der Waals surface area contributed by atoms with Crippen LogP contribution in [0.3, 0.4) is 0 Å². The Kier molecular flexibility index (Phi) is 2.96. The number of anilines is 1. The van der Waals surface area contributed by atoms with Gasteiger partial charge < -0.3 is 10.2 Å². The zero-order chi connectivity index (χ0) is 12.4. The summed E-state index contributed by atoms with van der Waals surface area (Å²) in [5, 5.41) is 0. The number of nitrogens with two attached hydrogens (primary N) is 1. The molecular formula is C13H16N4O. The van der Waals surface area contributed by atoms with Crippen molar-refractivity contribution >= 4 is 5.95 Å². The van der Waals surface area contributed by atoms with Gasteiger partial charge in [0.05, 0.1) is 11.8 Å². The minimum absolute atomic E-state index is 0.293. The van der Waals surface area contributed by atoms with Crippen LogP contribution >= 0.6 is 0 Å². The summed E-state index contributed by atoms with van der Waals surface area (Å²) in [5.74, 6) is 2.16. The highest BCUT2D eigenvalue weighted by Crippen LogP contribution is 2.31. The quantitative estimate of drug-likeness (QED) is 0.878. The molecule has 0 aromatic carbocycles. The third-order valence-electron chi connectivity index (χ3n) is 3.42. The second-order valence-electron chi connectivity index (χ2n) is 4.72. The summed E-state index contributed by atoms with van der Waals surface area (Å²) in [4.78, 5) is 13.0. The molecule has 0 saturated heterocycles. The highest BCUT2D eigenvalue weighted by atomic mass is 16.3. The minimum Gasteiger partial charge on any atom is -0.472 e. The number of aromatic nitrogens is 3. The van der Waals surface area contributed by atoms with E-state index in [9.17, 15) is 0 Å². The van der Waals surface area contributed by atoms with Crippen LogP contribution in [-0.4, -0.2) is 15.0 Å². The molecule has 0 radical (unpaired) electrons. The molecule has 1 aliphatic carbocycles. The van der Waals surface area contributed by atoms with Gasteiger partial charge in [0.15, 0.2) is 5.82 Å². The van der Waals surface area contributed by atoms with Crippen LogP contribution in [-0.2, 0) is 0 Å². The maximum absolute atomic E-state index is 5.78. The smallest absolute Gasteiger partial charge is 0.223 e. The summed E-state index contributed by atoms with van der Waals surface area (Å²) in [6.07, 6.45) is 9.33. The van der Waals surface area contributed by atoms with Crippen molar-refractivity contribution in [2.45, 2.75) is 38.0 Å². The maximum Gasteiger partial charge on any atom is 0.223 e. The Morgan fingerprint density at radius 1 is 1.11 bits per heavy atom. The first-order valence-corrected chi connectivity index (χ1v) is 6.37. The minimum atomic E-state index is 0.293. The van der Waals surface area contributed by atoms with Crippen LogP contribution in [0.5, 0.6) is 0 Å². The van der Waals surface area contributed by atoms with Crippen molar-refractivity contribution < 1.29 is 4.42 Å². The van der Waals surface area contributed by atoms with E-state index >= 15 is 0 Å². The van der Waals surface area contributed by atoms with Crippen molar-refractivity contribution in [2.24, 2.45) is 0 Å². The van der Waals surface area contributed by atoms with Gasteiger partial charge >= 0.3 is 0 Å². The van der Waals surface area contributed by atoms with Gasteiger partial charge in [-0.25, -0.2) is 4.98 Å². The van der Waals surface area contributed by atoms with Gasteiger partial charge in [0.2, 0.25) is 5.95 Å². The normalized spacial score (nSPS) is 16.9. The fourth-order valence-electron chi connectivity index (χ4n) is 2.47. The highest BCUT2D eigenvalue weighted by Gasteiger charge is 2.20. The van der Waals surface area contributed by atoms with Gasteiger partial charge in [-0.1, -0.05) is 19.3 Å². The molecule has 2 heterocycles. The Labute approximate surface area is 105 Å². The molecule has 0 bridgehead atoms. The van der Waals surface area contributed by atoms with Gasteiger partial charge in [0.25, 0.3) is 0 Å². The monoisotopic (exact) mass is 244 g/mol. The molecule has 2 aromatic heterocycles. The molecule has 0 aliphatic heterocycles.